The quantitative estimate of drug-likeness (QED) is 0.869. The SMILES string of the molecule is COC(=O)c1ccc(NC(=O)N2CCCC[C@H](N(C)C)C2)cc1. The zero-order valence-electron chi connectivity index (χ0n) is 14.0. The summed E-state index contributed by atoms with van der Waals surface area (Å²) in [6.07, 6.45) is 3.28. The molecule has 6 nitrogen and oxygen atoms in total. The van der Waals surface area contributed by atoms with Gasteiger partial charge in [0.05, 0.1) is 12.7 Å². The Balaban J connectivity index is 1.98. The number of likely N-dealkylation sites (tertiary alicyclic amines) is 1. The highest BCUT2D eigenvalue weighted by atomic mass is 16.5. The Morgan fingerprint density at radius 1 is 1.22 bits per heavy atom. The Kier molecular flexibility index (Phi) is 5.98. The average molecular weight is 319 g/mol. The first-order valence-corrected chi connectivity index (χ1v) is 7.92. The van der Waals surface area contributed by atoms with Crippen molar-refractivity contribution in [3.05, 3.63) is 29.8 Å². The van der Waals surface area contributed by atoms with Gasteiger partial charge < -0.3 is 19.9 Å². The predicted octanol–water partition coefficient (Wildman–Crippen LogP) is 2.42. The summed E-state index contributed by atoms with van der Waals surface area (Å²) >= 11 is 0. The van der Waals surface area contributed by atoms with E-state index in [0.717, 1.165) is 32.4 Å². The highest BCUT2D eigenvalue weighted by Gasteiger charge is 2.23. The van der Waals surface area contributed by atoms with Gasteiger partial charge in [-0.2, -0.15) is 0 Å². The predicted molar refractivity (Wildman–Crippen MR) is 89.7 cm³/mol. The molecule has 23 heavy (non-hydrogen) atoms. The Labute approximate surface area is 137 Å². The normalized spacial score (nSPS) is 18.4. The summed E-state index contributed by atoms with van der Waals surface area (Å²) < 4.78 is 4.66. The van der Waals surface area contributed by atoms with E-state index >= 15 is 0 Å². The Hall–Kier alpha value is -2.08. The van der Waals surface area contributed by atoms with E-state index in [1.165, 1.54) is 7.11 Å². The summed E-state index contributed by atoms with van der Waals surface area (Å²) in [7, 11) is 5.45. The summed E-state index contributed by atoms with van der Waals surface area (Å²) in [6.45, 7) is 1.51. The standard InChI is InChI=1S/C17H25N3O3/c1-19(2)15-6-4-5-11-20(12-15)17(22)18-14-9-7-13(8-10-14)16(21)23-3/h7-10,15H,4-6,11-12H2,1-3H3,(H,18,22)/t15-/m0/s1. The second kappa shape index (κ2) is 7.97. The number of methoxy groups -OCH3 is 1. The lowest BCUT2D eigenvalue weighted by molar-refractivity contribution is 0.0601. The zero-order chi connectivity index (χ0) is 16.8. The number of hydrogen-bond donors (Lipinski definition) is 1. The van der Waals surface area contributed by atoms with Crippen molar-refractivity contribution in [2.45, 2.75) is 25.3 Å². The van der Waals surface area contributed by atoms with Crippen molar-refractivity contribution in [1.29, 1.82) is 0 Å². The van der Waals surface area contributed by atoms with Gasteiger partial charge in [0, 0.05) is 24.8 Å². The molecular weight excluding hydrogens is 294 g/mol. The molecule has 0 saturated carbocycles. The van der Waals surface area contributed by atoms with Crippen LogP contribution in [0.2, 0.25) is 0 Å². The van der Waals surface area contributed by atoms with Gasteiger partial charge in [-0.15, -0.1) is 0 Å². The first-order valence-electron chi connectivity index (χ1n) is 7.92. The van der Waals surface area contributed by atoms with Crippen LogP contribution < -0.4 is 5.32 Å². The van der Waals surface area contributed by atoms with Crippen molar-refractivity contribution in [2.24, 2.45) is 0 Å². The number of nitrogens with one attached hydrogen (secondary N) is 1. The van der Waals surface area contributed by atoms with Gasteiger partial charge in [-0.1, -0.05) is 6.42 Å². The summed E-state index contributed by atoms with van der Waals surface area (Å²) in [5.74, 6) is -0.385. The van der Waals surface area contributed by atoms with Gasteiger partial charge in [0.25, 0.3) is 0 Å². The van der Waals surface area contributed by atoms with E-state index in [1.54, 1.807) is 24.3 Å². The second-order valence-electron chi connectivity index (χ2n) is 6.06. The van der Waals surface area contributed by atoms with Crippen LogP contribution in [0.25, 0.3) is 0 Å². The van der Waals surface area contributed by atoms with Crippen molar-refractivity contribution in [2.75, 3.05) is 39.6 Å². The molecule has 0 aromatic heterocycles. The number of nitrogens with zero attached hydrogens (tertiary/aromatic N) is 2. The molecule has 6 heteroatoms. The minimum Gasteiger partial charge on any atom is -0.465 e. The van der Waals surface area contributed by atoms with E-state index in [2.05, 4.69) is 29.0 Å². The third-order valence-electron chi connectivity index (χ3n) is 4.22. The molecule has 1 N–H and O–H groups in total. The number of carbonyl (C=O) groups is 2. The lowest BCUT2D eigenvalue weighted by Crippen LogP contribution is -2.43. The van der Waals surface area contributed by atoms with Crippen LogP contribution in [0.1, 0.15) is 29.6 Å². The van der Waals surface area contributed by atoms with Crippen molar-refractivity contribution < 1.29 is 14.3 Å². The van der Waals surface area contributed by atoms with Gasteiger partial charge in [-0.05, 0) is 51.2 Å². The number of likely N-dealkylation sites (N-methyl/N-ethyl adjacent to an activating group) is 1. The minimum atomic E-state index is -0.385. The molecule has 0 radical (unpaired) electrons. The number of amides is 2. The number of carbonyl (C=O) groups excluding carboxylic acids is 2. The molecule has 0 aliphatic carbocycles. The molecule has 1 aromatic rings. The number of hydrogen-bond acceptors (Lipinski definition) is 4. The van der Waals surface area contributed by atoms with Crippen LogP contribution in [0.4, 0.5) is 10.5 Å². The molecule has 1 atom stereocenters. The molecule has 1 aromatic carbocycles. The fourth-order valence-corrected chi connectivity index (χ4v) is 2.74. The van der Waals surface area contributed by atoms with Gasteiger partial charge in [-0.25, -0.2) is 9.59 Å². The van der Waals surface area contributed by atoms with Crippen molar-refractivity contribution in [1.82, 2.24) is 9.80 Å². The molecule has 1 saturated heterocycles. The van der Waals surface area contributed by atoms with Crippen LogP contribution in [-0.2, 0) is 4.74 Å². The first kappa shape index (κ1) is 17.3. The summed E-state index contributed by atoms with van der Waals surface area (Å²) in [5.41, 5.74) is 1.14. The van der Waals surface area contributed by atoms with E-state index in [1.807, 2.05) is 4.90 Å². The van der Waals surface area contributed by atoms with Crippen molar-refractivity contribution in [3.8, 4) is 0 Å². The van der Waals surface area contributed by atoms with Crippen LogP contribution in [0.5, 0.6) is 0 Å². The number of esters is 1. The largest absolute Gasteiger partial charge is 0.465 e. The average Bonchev–Trinajstić information content (AvgIpc) is 2.81. The molecular formula is C17H25N3O3. The van der Waals surface area contributed by atoms with Crippen LogP contribution >= 0.6 is 0 Å². The number of rotatable bonds is 3. The molecule has 126 valence electrons. The van der Waals surface area contributed by atoms with E-state index in [4.69, 9.17) is 0 Å². The fourth-order valence-electron chi connectivity index (χ4n) is 2.74. The zero-order valence-corrected chi connectivity index (χ0v) is 14.0. The van der Waals surface area contributed by atoms with Gasteiger partial charge in [-0.3, -0.25) is 0 Å². The fraction of sp³-hybridized carbons (Fsp3) is 0.529. The third kappa shape index (κ3) is 4.69. The second-order valence-corrected chi connectivity index (χ2v) is 6.06. The van der Waals surface area contributed by atoms with E-state index < -0.39 is 0 Å². The number of benzene rings is 1. The monoisotopic (exact) mass is 319 g/mol. The highest BCUT2D eigenvalue weighted by Crippen LogP contribution is 2.16. The molecule has 0 spiro atoms. The first-order chi connectivity index (χ1) is 11.0. The topological polar surface area (TPSA) is 61.9 Å². The van der Waals surface area contributed by atoms with Crippen LogP contribution in [-0.4, -0.2) is 62.1 Å². The van der Waals surface area contributed by atoms with E-state index in [9.17, 15) is 9.59 Å². The van der Waals surface area contributed by atoms with E-state index in [-0.39, 0.29) is 12.0 Å². The Bertz CT molecular complexity index is 543. The van der Waals surface area contributed by atoms with Gasteiger partial charge in [0.15, 0.2) is 0 Å². The third-order valence-corrected chi connectivity index (χ3v) is 4.22. The van der Waals surface area contributed by atoms with E-state index in [0.29, 0.717) is 17.3 Å². The Morgan fingerprint density at radius 2 is 1.91 bits per heavy atom. The molecule has 1 aliphatic rings. The van der Waals surface area contributed by atoms with Crippen LogP contribution in [0.3, 0.4) is 0 Å². The lowest BCUT2D eigenvalue weighted by atomic mass is 10.1. The molecule has 2 amide bonds. The number of urea groups is 1. The number of ether oxygens (including phenoxy) is 1. The molecule has 2 rings (SSSR count). The van der Waals surface area contributed by atoms with Gasteiger partial charge in [0.1, 0.15) is 0 Å². The van der Waals surface area contributed by atoms with Gasteiger partial charge in [0.2, 0.25) is 0 Å². The highest BCUT2D eigenvalue weighted by molar-refractivity contribution is 5.92. The molecule has 0 bridgehead atoms. The van der Waals surface area contributed by atoms with Crippen molar-refractivity contribution >= 4 is 17.7 Å². The van der Waals surface area contributed by atoms with Crippen molar-refractivity contribution in [3.63, 3.8) is 0 Å². The molecule has 0 unspecified atom stereocenters. The molecule has 1 heterocycles. The summed E-state index contributed by atoms with van der Waals surface area (Å²) in [5, 5.41) is 2.90. The minimum absolute atomic E-state index is 0.0930. The molecule has 1 aliphatic heterocycles. The van der Waals surface area contributed by atoms with Crippen LogP contribution in [0.15, 0.2) is 24.3 Å². The maximum absolute atomic E-state index is 12.5. The lowest BCUT2D eigenvalue weighted by Gasteiger charge is -2.28. The van der Waals surface area contributed by atoms with Crippen LogP contribution in [0, 0.1) is 0 Å². The smallest absolute Gasteiger partial charge is 0.337 e. The molecule has 1 fully saturated rings. The maximum atomic E-state index is 12.5. The maximum Gasteiger partial charge on any atom is 0.337 e. The number of anilines is 1. The summed E-state index contributed by atoms with van der Waals surface area (Å²) in [6, 6.07) is 7.02. The Morgan fingerprint density at radius 3 is 2.52 bits per heavy atom. The van der Waals surface area contributed by atoms with Gasteiger partial charge >= 0.3 is 12.0 Å². The summed E-state index contributed by atoms with van der Waals surface area (Å²) in [4.78, 5) is 27.9.